The summed E-state index contributed by atoms with van der Waals surface area (Å²) in [4.78, 5) is 23.5. The van der Waals surface area contributed by atoms with Crippen LogP contribution in [0.5, 0.6) is 0 Å². The molecule has 0 aromatic heterocycles. The second-order valence-corrected chi connectivity index (χ2v) is 4.99. The maximum Gasteiger partial charge on any atom is 0.220 e. The van der Waals surface area contributed by atoms with E-state index >= 15 is 0 Å². The molecular weight excluding hydrogens is 252 g/mol. The number of nitrogens with one attached hydrogen (secondary N) is 1. The third-order valence-electron chi connectivity index (χ3n) is 3.16. The van der Waals surface area contributed by atoms with E-state index in [9.17, 15) is 9.59 Å². The Labute approximate surface area is 120 Å². The summed E-state index contributed by atoms with van der Waals surface area (Å²) in [6.45, 7) is 3.34. The largest absolute Gasteiger partial charge is 0.356 e. The molecule has 0 heterocycles. The molecule has 0 aliphatic heterocycles. The van der Waals surface area contributed by atoms with Crippen LogP contribution in [0.2, 0.25) is 0 Å². The van der Waals surface area contributed by atoms with Gasteiger partial charge < -0.3 is 11.1 Å². The van der Waals surface area contributed by atoms with E-state index < -0.39 is 0 Å². The Hall–Kier alpha value is -1.68. The molecule has 0 saturated heterocycles. The first-order chi connectivity index (χ1) is 9.63. The fraction of sp³-hybridized carbons (Fsp3) is 0.500. The molecule has 1 amide bonds. The minimum absolute atomic E-state index is 0.0169. The van der Waals surface area contributed by atoms with Crippen molar-refractivity contribution < 1.29 is 9.59 Å². The standard InChI is InChI=1S/C16H24N2O2/c1-13-5-7-14(8-6-13)15(19)9-10-16(20)18-12-4-2-3-11-17/h5-8H,2-4,9-12,17H2,1H3,(H,18,20). The second-order valence-electron chi connectivity index (χ2n) is 4.99. The van der Waals surface area contributed by atoms with Crippen LogP contribution in [-0.2, 0) is 4.79 Å². The molecule has 0 saturated carbocycles. The third-order valence-corrected chi connectivity index (χ3v) is 3.16. The normalized spacial score (nSPS) is 10.3. The van der Waals surface area contributed by atoms with Crippen molar-refractivity contribution in [2.45, 2.75) is 39.0 Å². The highest BCUT2D eigenvalue weighted by atomic mass is 16.2. The van der Waals surface area contributed by atoms with Crippen LogP contribution in [0.1, 0.15) is 48.0 Å². The van der Waals surface area contributed by atoms with Crippen molar-refractivity contribution in [3.05, 3.63) is 35.4 Å². The molecular formula is C16H24N2O2. The van der Waals surface area contributed by atoms with Crippen LogP contribution >= 0.6 is 0 Å². The van der Waals surface area contributed by atoms with E-state index in [0.717, 1.165) is 24.8 Å². The van der Waals surface area contributed by atoms with Crippen LogP contribution in [0.4, 0.5) is 0 Å². The summed E-state index contributed by atoms with van der Waals surface area (Å²) in [6, 6.07) is 7.43. The van der Waals surface area contributed by atoms with Gasteiger partial charge >= 0.3 is 0 Å². The molecule has 1 aromatic carbocycles. The molecule has 0 fully saturated rings. The lowest BCUT2D eigenvalue weighted by Gasteiger charge is -2.05. The van der Waals surface area contributed by atoms with E-state index in [1.165, 1.54) is 0 Å². The number of Topliss-reactive ketones (excluding diaryl/α,β-unsaturated/α-hetero) is 1. The van der Waals surface area contributed by atoms with Crippen molar-refractivity contribution >= 4 is 11.7 Å². The Bertz CT molecular complexity index is 427. The maximum atomic E-state index is 11.9. The van der Waals surface area contributed by atoms with Crippen molar-refractivity contribution in [2.75, 3.05) is 13.1 Å². The van der Waals surface area contributed by atoms with Gasteiger partial charge in [0.1, 0.15) is 0 Å². The Balaban J connectivity index is 2.20. The van der Waals surface area contributed by atoms with Crippen LogP contribution in [0, 0.1) is 6.92 Å². The van der Waals surface area contributed by atoms with Gasteiger partial charge in [-0.15, -0.1) is 0 Å². The Morgan fingerprint density at radius 1 is 1.05 bits per heavy atom. The van der Waals surface area contributed by atoms with Gasteiger partial charge in [0.2, 0.25) is 5.91 Å². The van der Waals surface area contributed by atoms with E-state index in [4.69, 9.17) is 5.73 Å². The van der Waals surface area contributed by atoms with Gasteiger partial charge in [-0.2, -0.15) is 0 Å². The fourth-order valence-electron chi connectivity index (χ4n) is 1.87. The van der Waals surface area contributed by atoms with E-state index in [1.807, 2.05) is 31.2 Å². The van der Waals surface area contributed by atoms with E-state index in [-0.39, 0.29) is 24.5 Å². The molecule has 0 aliphatic rings. The molecule has 3 N–H and O–H groups in total. The maximum absolute atomic E-state index is 11.9. The lowest BCUT2D eigenvalue weighted by atomic mass is 10.0. The van der Waals surface area contributed by atoms with Crippen LogP contribution in [0.25, 0.3) is 0 Å². The fourth-order valence-corrected chi connectivity index (χ4v) is 1.87. The number of rotatable bonds is 9. The summed E-state index contributed by atoms with van der Waals surface area (Å²) < 4.78 is 0. The van der Waals surface area contributed by atoms with Crippen molar-refractivity contribution in [3.8, 4) is 0 Å². The van der Waals surface area contributed by atoms with Gasteiger partial charge in [-0.25, -0.2) is 0 Å². The molecule has 1 rings (SSSR count). The summed E-state index contributed by atoms with van der Waals surface area (Å²) in [5, 5.41) is 2.83. The number of hydrogen-bond acceptors (Lipinski definition) is 3. The lowest BCUT2D eigenvalue weighted by molar-refractivity contribution is -0.121. The minimum atomic E-state index is -0.0572. The van der Waals surface area contributed by atoms with Crippen LogP contribution in [-0.4, -0.2) is 24.8 Å². The van der Waals surface area contributed by atoms with Gasteiger partial charge in [0, 0.05) is 24.9 Å². The third kappa shape index (κ3) is 6.48. The van der Waals surface area contributed by atoms with E-state index in [2.05, 4.69) is 5.32 Å². The molecule has 4 heteroatoms. The van der Waals surface area contributed by atoms with Gasteiger partial charge in [-0.3, -0.25) is 9.59 Å². The van der Waals surface area contributed by atoms with Gasteiger partial charge in [-0.05, 0) is 26.3 Å². The molecule has 20 heavy (non-hydrogen) atoms. The molecule has 1 aromatic rings. The van der Waals surface area contributed by atoms with E-state index in [1.54, 1.807) is 0 Å². The van der Waals surface area contributed by atoms with Crippen LogP contribution in [0.15, 0.2) is 24.3 Å². The summed E-state index contributed by atoms with van der Waals surface area (Å²) in [5.74, 6) is -0.0403. The number of carbonyl (C=O) groups is 2. The summed E-state index contributed by atoms with van der Waals surface area (Å²) >= 11 is 0. The first kappa shape index (κ1) is 16.4. The van der Waals surface area contributed by atoms with Crippen molar-refractivity contribution in [2.24, 2.45) is 5.73 Å². The topological polar surface area (TPSA) is 72.2 Å². The molecule has 4 nitrogen and oxygen atoms in total. The average molecular weight is 276 g/mol. The minimum Gasteiger partial charge on any atom is -0.356 e. The van der Waals surface area contributed by atoms with Crippen LogP contribution < -0.4 is 11.1 Å². The number of carbonyl (C=O) groups excluding carboxylic acids is 2. The Morgan fingerprint density at radius 2 is 1.75 bits per heavy atom. The summed E-state index contributed by atoms with van der Waals surface area (Å²) in [6.07, 6.45) is 3.47. The number of ketones is 1. The number of nitrogens with two attached hydrogens (primary N) is 1. The molecule has 0 aliphatic carbocycles. The molecule has 110 valence electrons. The smallest absolute Gasteiger partial charge is 0.220 e. The first-order valence-corrected chi connectivity index (χ1v) is 7.20. The van der Waals surface area contributed by atoms with Gasteiger partial charge in [0.05, 0.1) is 0 Å². The number of aryl methyl sites for hydroxylation is 1. The SMILES string of the molecule is Cc1ccc(C(=O)CCC(=O)NCCCCCN)cc1. The van der Waals surface area contributed by atoms with Crippen molar-refractivity contribution in [3.63, 3.8) is 0 Å². The zero-order valence-corrected chi connectivity index (χ0v) is 12.2. The Kier molecular flexibility index (Phi) is 7.58. The average Bonchev–Trinajstić information content (AvgIpc) is 2.45. The quantitative estimate of drug-likeness (QED) is 0.536. The Morgan fingerprint density at radius 3 is 2.40 bits per heavy atom. The molecule has 0 radical (unpaired) electrons. The lowest BCUT2D eigenvalue weighted by Crippen LogP contribution is -2.24. The predicted octanol–water partition coefficient (Wildman–Crippen LogP) is 2.20. The van der Waals surface area contributed by atoms with Gasteiger partial charge in [0.15, 0.2) is 5.78 Å². The van der Waals surface area contributed by atoms with Gasteiger partial charge in [-0.1, -0.05) is 36.2 Å². The van der Waals surface area contributed by atoms with Crippen LogP contribution in [0.3, 0.4) is 0 Å². The number of hydrogen-bond donors (Lipinski definition) is 2. The molecule has 0 atom stereocenters. The second kappa shape index (κ2) is 9.26. The van der Waals surface area contributed by atoms with Crippen molar-refractivity contribution in [1.29, 1.82) is 0 Å². The number of unbranched alkanes of at least 4 members (excludes halogenated alkanes) is 2. The summed E-state index contributed by atoms with van der Waals surface area (Å²) in [7, 11) is 0. The highest BCUT2D eigenvalue weighted by Gasteiger charge is 2.08. The zero-order valence-electron chi connectivity index (χ0n) is 12.2. The molecule has 0 bridgehead atoms. The van der Waals surface area contributed by atoms with Crippen molar-refractivity contribution in [1.82, 2.24) is 5.32 Å². The number of amides is 1. The predicted molar refractivity (Wildman–Crippen MR) is 80.7 cm³/mol. The monoisotopic (exact) mass is 276 g/mol. The highest BCUT2D eigenvalue weighted by Crippen LogP contribution is 2.07. The summed E-state index contributed by atoms with van der Waals surface area (Å²) in [5.41, 5.74) is 7.19. The van der Waals surface area contributed by atoms with E-state index in [0.29, 0.717) is 18.7 Å². The van der Waals surface area contributed by atoms with Gasteiger partial charge in [0.25, 0.3) is 0 Å². The molecule has 0 spiro atoms. The molecule has 0 unspecified atom stereocenters. The first-order valence-electron chi connectivity index (χ1n) is 7.20. The zero-order chi connectivity index (χ0) is 14.8. The number of benzene rings is 1. The highest BCUT2D eigenvalue weighted by molar-refractivity contribution is 5.97.